The Bertz CT molecular complexity index is 5970. The Kier molecular flexibility index (Phi) is 60.5. The molecule has 0 radical (unpaired) electrons. The largest absolute Gasteiger partial charge is 0.741 e. The highest BCUT2D eigenvalue weighted by atomic mass is 32.3. The summed E-state index contributed by atoms with van der Waals surface area (Å²) in [6, 6.07) is 82.4. The molecule has 0 aromatic heterocycles. The lowest BCUT2D eigenvalue weighted by Gasteiger charge is -2.08. The van der Waals surface area contributed by atoms with Crippen LogP contribution in [0.2, 0.25) is 0 Å². The fraction of sp³-hybridized carbons (Fsp3) is 0.267. The number of carbonyl (C=O) groups is 3. The maximum Gasteiger partial charge on any atom is 0.485 e. The van der Waals surface area contributed by atoms with E-state index in [2.05, 4.69) is 149 Å². The zero-order chi connectivity index (χ0) is 113. The number of ether oxygens (including phenoxy) is 3. The van der Waals surface area contributed by atoms with Gasteiger partial charge in [0.15, 0.2) is 90.1 Å². The molecule has 0 aliphatic rings. The van der Waals surface area contributed by atoms with E-state index in [9.17, 15) is 104 Å². The molecule has 10 rings (SSSR count). The molecule has 0 aliphatic carbocycles. The van der Waals surface area contributed by atoms with Crippen LogP contribution in [0.3, 0.4) is 0 Å². The standard InChI is InChI=1S/C17H19O3S.C16H17O3S.C15H16OS.C14H14OS.C10H13O3S.C8H10OS.6CHF3O3S/c1-13-5-3-4-6-14(13)12-21(2)16-9-7-15(8-10-16)20-17(19)11-18;1-20(12-13-5-3-2-4-6-13)15-9-7-14(8-10-15)19-16(18)11-17;1-12-5-3-4-6-13(12)11-17(2)15-9-7-14(16)8-10-15;1-16(11-12-5-3-2-4-6-12)14-9-7-13(15)8-10-14;1-14(2)9-5-3-8(4-6-9)13-10(12)7-11;1-10(2)8-5-3-7(9)4-6-8;6*2-1(3,4)8(5,6)7/h3-10,18H,11-12H2,1-2H3;2-10,17H,11-12H2,1H3;3-10H,11H2,1-2H3;2-10H,11H2,1H3;3-6,11H,7H2,1-2H3;3-6H,1-2H3;6*(H,5,6,7)/q2*+1;;;+1;;;;;;;/p-3. The molecular weight excluding hydrogens is 2240 g/mol. The van der Waals surface area contributed by atoms with Crippen LogP contribution in [0.1, 0.15) is 33.4 Å². The van der Waals surface area contributed by atoms with Gasteiger partial charge in [-0.2, -0.15) is 79.0 Å². The number of aromatic hydroxyl groups is 3. The van der Waals surface area contributed by atoms with Crippen LogP contribution in [0.5, 0.6) is 34.5 Å². The van der Waals surface area contributed by atoms with Gasteiger partial charge in [0.05, 0.1) is 0 Å². The molecule has 0 heterocycles. The first-order valence-electron chi connectivity index (χ1n) is 38.6. The van der Waals surface area contributed by atoms with Gasteiger partial charge in [0.25, 0.3) is 0 Å². The zero-order valence-electron chi connectivity index (χ0n) is 76.9. The average molecular weight is 2330 g/mol. The summed E-state index contributed by atoms with van der Waals surface area (Å²) in [7, 11) is -35.5. The molecule has 146 heavy (non-hydrogen) atoms. The summed E-state index contributed by atoms with van der Waals surface area (Å²) in [4.78, 5) is 40.2. The van der Waals surface area contributed by atoms with Crippen molar-refractivity contribution in [3.05, 3.63) is 288 Å². The van der Waals surface area contributed by atoms with E-state index >= 15 is 0 Å². The Morgan fingerprint density at radius 2 is 0.411 bits per heavy atom. The van der Waals surface area contributed by atoms with Gasteiger partial charge in [-0.3, -0.25) is 0 Å². The van der Waals surface area contributed by atoms with Crippen LogP contribution in [0.4, 0.5) is 79.0 Å². The molecule has 0 saturated heterocycles. The van der Waals surface area contributed by atoms with Gasteiger partial charge in [0, 0.05) is 87.6 Å². The Balaban J connectivity index is 0. The minimum Gasteiger partial charge on any atom is -0.741 e. The van der Waals surface area contributed by atoms with E-state index in [0.717, 1.165) is 23.0 Å². The number of aryl methyl sites for hydroxylation is 2. The van der Waals surface area contributed by atoms with Crippen LogP contribution in [0.15, 0.2) is 284 Å². The minimum atomic E-state index is -6.09. The zero-order valence-corrected chi connectivity index (χ0v) is 86.7. The van der Waals surface area contributed by atoms with Crippen molar-refractivity contribution in [3.8, 4) is 34.5 Å². The second-order valence-corrected chi connectivity index (χ2v) is 48.3. The van der Waals surface area contributed by atoms with Crippen LogP contribution < -0.4 is 14.2 Å². The third-order valence-electron chi connectivity index (χ3n) is 16.0. The van der Waals surface area contributed by atoms with E-state index < -0.39 is 131 Å². The molecule has 0 bridgehead atoms. The van der Waals surface area contributed by atoms with E-state index in [4.69, 9.17) is 112 Å². The number of carbonyl (C=O) groups excluding carboxylic acids is 3. The van der Waals surface area contributed by atoms with E-state index in [1.54, 1.807) is 72.8 Å². The smallest absolute Gasteiger partial charge is 0.485 e. The van der Waals surface area contributed by atoms with Crippen molar-refractivity contribution in [2.45, 2.75) is 99.3 Å². The van der Waals surface area contributed by atoms with Gasteiger partial charge in [-0.05, 0) is 171 Å². The number of halogens is 18. The van der Waals surface area contributed by atoms with E-state index in [0.29, 0.717) is 45.4 Å². The van der Waals surface area contributed by atoms with Crippen molar-refractivity contribution >= 4 is 144 Å². The molecule has 0 fully saturated rings. The second kappa shape index (κ2) is 63.9. The fourth-order valence-corrected chi connectivity index (χ4v) is 16.2. The lowest BCUT2D eigenvalue weighted by molar-refractivity contribution is -0.138. The van der Waals surface area contributed by atoms with Crippen LogP contribution in [-0.4, -0.2) is 229 Å². The number of benzene rings is 10. The Morgan fingerprint density at radius 3 is 0.582 bits per heavy atom. The molecule has 0 aliphatic heterocycles. The predicted molar refractivity (Wildman–Crippen MR) is 508 cm³/mol. The first-order valence-corrected chi connectivity index (χ1v) is 58.3. The highest BCUT2D eigenvalue weighted by Gasteiger charge is 2.41. The van der Waals surface area contributed by atoms with Crippen LogP contribution in [-0.2, 0) is 163 Å². The Hall–Kier alpha value is -9.81. The molecule has 0 spiro atoms. The second-order valence-electron chi connectivity index (χ2n) is 27.8. The highest BCUT2D eigenvalue weighted by molar-refractivity contribution is 7.97. The van der Waals surface area contributed by atoms with Gasteiger partial charge >= 0.3 is 51.0 Å². The summed E-state index contributed by atoms with van der Waals surface area (Å²) in [5, 5.41) is 53.2. The molecule has 60 heteroatoms. The number of rotatable bonds is 20. The Morgan fingerprint density at radius 1 is 0.253 bits per heavy atom. The van der Waals surface area contributed by atoms with Crippen molar-refractivity contribution in [1.82, 2.24) is 0 Å². The monoisotopic (exact) mass is 2330 g/mol. The van der Waals surface area contributed by atoms with Gasteiger partial charge in [-0.1, -0.05) is 109 Å². The van der Waals surface area contributed by atoms with E-state index in [-0.39, 0.29) is 54.5 Å². The molecule has 10 aromatic carbocycles. The SMILES string of the molecule is C[S+](C)c1ccc(O)cc1.C[S+](C)c1ccc(OC(=O)CO)cc1.C[S+](Cc1ccccc1)c1ccc(O)cc1.C[S+](Cc1ccccc1)c1ccc(OC(=O)CO)cc1.Cc1ccccc1C[S+](C)c1ccc(O)cc1.Cc1ccccc1C[S+](C)c1ccc(OC(=O)CO)cc1.O=S(=O)([O-])C(F)(F)F.O=S(=O)([O-])C(F)(F)F.O=S(=O)([O-])C(F)(F)F.O=S(=O)([O-])C(F)(F)F.O=S(=O)([O-])C(F)(F)F.O=S(=O)([O-])C(F)(F)F. The normalized spacial score (nSPS) is 12.4. The fourth-order valence-electron chi connectivity index (χ4n) is 8.82. The van der Waals surface area contributed by atoms with E-state index in [1.165, 1.54) is 62.8 Å². The molecule has 6 N–H and O–H groups in total. The third-order valence-corrected chi connectivity index (χ3v) is 29.2. The number of hydrogen-bond donors (Lipinski definition) is 6. The lowest BCUT2D eigenvalue weighted by atomic mass is 10.1. The molecule has 0 amide bonds. The summed E-state index contributed by atoms with van der Waals surface area (Å²) < 4.78 is 368. The summed E-state index contributed by atoms with van der Waals surface area (Å²) in [5.41, 5.74) is -25.8. The molecule has 4 atom stereocenters. The first-order chi connectivity index (χ1) is 66.5. The summed E-state index contributed by atoms with van der Waals surface area (Å²) in [6.07, 6.45) is 17.4. The van der Waals surface area contributed by atoms with Crippen LogP contribution >= 0.6 is 0 Å². The van der Waals surface area contributed by atoms with E-state index in [1.807, 2.05) is 97.1 Å². The van der Waals surface area contributed by atoms with Crippen LogP contribution in [0, 0.1) is 13.8 Å². The van der Waals surface area contributed by atoms with Crippen molar-refractivity contribution in [2.75, 3.05) is 69.9 Å². The van der Waals surface area contributed by atoms with Gasteiger partial charge < -0.3 is 72.2 Å². The number of hydrogen-bond acceptors (Lipinski definition) is 30. The van der Waals surface area contributed by atoms with Crippen molar-refractivity contribution in [2.24, 2.45) is 0 Å². The predicted octanol–water partition coefficient (Wildman–Crippen LogP) is 14.6. The average Bonchev–Trinajstić information content (AvgIpc) is 0.771. The summed E-state index contributed by atoms with van der Waals surface area (Å²) >= 11 is 0. The topological polar surface area (TPSA) is 543 Å². The van der Waals surface area contributed by atoms with Gasteiger partial charge in [0.1, 0.15) is 127 Å². The van der Waals surface area contributed by atoms with Gasteiger partial charge in [0.2, 0.25) is 0 Å². The number of phenols is 3. The number of esters is 3. The van der Waals surface area contributed by atoms with Gasteiger partial charge in [-0.15, -0.1) is 0 Å². The third kappa shape index (κ3) is 59.4. The molecule has 0 saturated carbocycles. The number of phenolic OH excluding ortho intramolecular Hbond substituents is 3. The molecular formula is C86H92F18O30S12. The number of alkyl halides is 18. The number of aliphatic hydroxyl groups is 3. The van der Waals surface area contributed by atoms with Crippen molar-refractivity contribution in [1.29, 1.82) is 0 Å². The molecule has 4 unspecified atom stereocenters. The maximum absolute atomic E-state index is 11.0. The minimum absolute atomic E-state index is 0.0927. The Labute approximate surface area is 845 Å². The molecule has 814 valence electrons. The van der Waals surface area contributed by atoms with Crippen LogP contribution in [0.25, 0.3) is 0 Å². The number of aliphatic hydroxyl groups excluding tert-OH is 3. The lowest BCUT2D eigenvalue weighted by Crippen LogP contribution is -2.21. The maximum atomic E-state index is 11.0. The summed E-state index contributed by atoms with van der Waals surface area (Å²) in [5.74, 6) is 4.62. The summed E-state index contributed by atoms with van der Waals surface area (Å²) in [6.45, 7) is 2.49. The molecule has 10 aromatic rings. The van der Waals surface area contributed by atoms with Crippen molar-refractivity contribution in [3.63, 3.8) is 0 Å². The molecule has 30 nitrogen and oxygen atoms in total. The van der Waals surface area contributed by atoms with Crippen molar-refractivity contribution < 1.29 is 216 Å². The quantitative estimate of drug-likeness (QED) is 0.0103. The first kappa shape index (κ1) is 138. The highest BCUT2D eigenvalue weighted by Crippen LogP contribution is 2.30. The van der Waals surface area contributed by atoms with Gasteiger partial charge in [-0.25, -0.2) is 64.9 Å².